The lowest BCUT2D eigenvalue weighted by molar-refractivity contribution is -0.149. The fourth-order valence-corrected chi connectivity index (χ4v) is 10.5. The van der Waals surface area contributed by atoms with Gasteiger partial charge in [0.05, 0.1) is 12.8 Å². The summed E-state index contributed by atoms with van der Waals surface area (Å²) in [5.41, 5.74) is -1.27. The fourth-order valence-electron chi connectivity index (χ4n) is 7.98. The van der Waals surface area contributed by atoms with Crippen LogP contribution < -0.4 is 53.2 Å². The summed E-state index contributed by atoms with van der Waals surface area (Å²) in [6, 6.07) is -6.08. The molecule has 2 bridgehead atoms. The molecule has 26 nitrogen and oxygen atoms in total. The summed E-state index contributed by atoms with van der Waals surface area (Å²) in [5.74, 6) is -5.43. The zero-order valence-electron chi connectivity index (χ0n) is 51.1. The summed E-state index contributed by atoms with van der Waals surface area (Å²) in [7, 11) is 2.92. The standard InChI is InChI=1S/C28H45N5O8S2.C28H47N5O8S2/c1-17(2)23-26(38)30-15-22(35)40-18-10-7-9-13-42-43-16-20(25(37)33-23)32-24(36)19(31-21(34)14-18)11-6-8-12-29-27(39)41-28(3,4)5;1-17(2)23-26(38)30-15-22(35)40-18(10-7-9-13-42)14-21(34)31-19(24(36)32-20(16-43)25(37)33-23)11-6-8-12-29-27(39)41-28(3,4)5/h7,10,17-20,23H,6,8-9,11-16H2,1-5H3,(H,29,39)(H,30,38)(H,31,34)(H,32,36)(H,33,37);7,10,17-20,23,42-43H,6,8-9,11-16H2,1-5H3,(H,29,39)(H,30,38)(H,31,34)(H,32,36)(H,33,37)/b2*10-7+/t2*18-,19-,20-,23-/m11/s1. The molecule has 0 aromatic rings. The van der Waals surface area contributed by atoms with E-state index >= 15 is 0 Å². The number of carbonyl (C=O) groups is 12. The first-order chi connectivity index (χ1) is 40.4. The number of thiol groups is 2. The molecule has 3 aliphatic heterocycles. The van der Waals surface area contributed by atoms with Gasteiger partial charge in [0.2, 0.25) is 47.3 Å². The van der Waals surface area contributed by atoms with Crippen molar-refractivity contribution in [2.24, 2.45) is 11.8 Å². The number of carbonyl (C=O) groups excluding carboxylic acids is 12. The third kappa shape index (κ3) is 32.7. The molecule has 0 saturated carbocycles. The second kappa shape index (κ2) is 39.8. The first kappa shape index (κ1) is 76.2. The van der Waals surface area contributed by atoms with Crippen molar-refractivity contribution in [3.8, 4) is 0 Å². The molecule has 2 saturated heterocycles. The van der Waals surface area contributed by atoms with E-state index in [-0.39, 0.29) is 55.6 Å². The molecular weight excluding hydrogens is 1200 g/mol. The number of unbranched alkanes of at least 4 members (excludes halogenated alkanes) is 2. The Balaban J connectivity index is 0.000000587. The zero-order chi connectivity index (χ0) is 64.6. The number of hydrogen-bond acceptors (Lipinski definition) is 20. The molecule has 86 heavy (non-hydrogen) atoms. The average Bonchev–Trinajstić information content (AvgIpc) is 3.43. The van der Waals surface area contributed by atoms with E-state index < -0.39 is 144 Å². The van der Waals surface area contributed by atoms with Crippen molar-refractivity contribution in [3.05, 3.63) is 24.3 Å². The van der Waals surface area contributed by atoms with Crippen LogP contribution in [0.1, 0.15) is 133 Å². The van der Waals surface area contributed by atoms with Crippen LogP contribution in [0.15, 0.2) is 24.3 Å². The molecule has 10 N–H and O–H groups in total. The summed E-state index contributed by atoms with van der Waals surface area (Å²) < 4.78 is 21.3. The van der Waals surface area contributed by atoms with Crippen molar-refractivity contribution in [1.82, 2.24) is 53.2 Å². The number of hydrogen-bond donors (Lipinski definition) is 12. The van der Waals surface area contributed by atoms with Crippen LogP contribution in [0.2, 0.25) is 0 Å². The maximum absolute atomic E-state index is 13.5. The minimum Gasteiger partial charge on any atom is -0.456 e. The molecule has 3 heterocycles. The van der Waals surface area contributed by atoms with E-state index in [2.05, 4.69) is 78.4 Å². The molecule has 30 heteroatoms. The molecule has 486 valence electrons. The van der Waals surface area contributed by atoms with Crippen LogP contribution in [-0.2, 0) is 66.9 Å². The molecule has 0 radical (unpaired) electrons. The molecule has 3 rings (SSSR count). The summed E-state index contributed by atoms with van der Waals surface area (Å²) in [6.07, 6.45) is 6.71. The second-order valence-corrected chi connectivity index (χ2v) is 26.5. The first-order valence-corrected chi connectivity index (χ1v) is 32.6. The smallest absolute Gasteiger partial charge is 0.407 e. The molecule has 0 aliphatic carbocycles. The Morgan fingerprint density at radius 3 is 1.62 bits per heavy atom. The van der Waals surface area contributed by atoms with Crippen molar-refractivity contribution in [2.75, 3.05) is 49.2 Å². The van der Waals surface area contributed by atoms with Crippen molar-refractivity contribution in [3.63, 3.8) is 0 Å². The third-order valence-corrected chi connectivity index (χ3v) is 15.3. The molecule has 2 fully saturated rings. The zero-order valence-corrected chi connectivity index (χ0v) is 54.5. The van der Waals surface area contributed by atoms with Crippen LogP contribution in [0, 0.1) is 11.8 Å². The molecular formula is C56H92N10O16S4. The molecule has 8 atom stereocenters. The van der Waals surface area contributed by atoms with E-state index in [1.165, 1.54) is 21.6 Å². The summed E-state index contributed by atoms with van der Waals surface area (Å²) >= 11 is 8.35. The highest BCUT2D eigenvalue weighted by Gasteiger charge is 2.34. The maximum atomic E-state index is 13.5. The van der Waals surface area contributed by atoms with Crippen molar-refractivity contribution in [1.29, 1.82) is 0 Å². The predicted octanol–water partition coefficient (Wildman–Crippen LogP) is 2.59. The number of allylic oxidation sites excluding steroid dienone is 2. The summed E-state index contributed by atoms with van der Waals surface area (Å²) in [5, 5.41) is 26.4. The lowest BCUT2D eigenvalue weighted by Crippen LogP contribution is -2.59. The number of fused-ring (bicyclic) bond motifs is 7. The van der Waals surface area contributed by atoms with Gasteiger partial charge in [-0.05, 0) is 123 Å². The molecule has 10 amide bonds. The Morgan fingerprint density at radius 2 is 1.12 bits per heavy atom. The predicted molar refractivity (Wildman–Crippen MR) is 333 cm³/mol. The highest BCUT2D eigenvalue weighted by atomic mass is 33.1. The van der Waals surface area contributed by atoms with E-state index in [9.17, 15) is 57.5 Å². The number of rotatable bonds is 16. The van der Waals surface area contributed by atoms with Crippen molar-refractivity contribution < 1.29 is 76.5 Å². The van der Waals surface area contributed by atoms with E-state index in [4.69, 9.17) is 18.9 Å². The van der Waals surface area contributed by atoms with Gasteiger partial charge < -0.3 is 72.1 Å². The van der Waals surface area contributed by atoms with E-state index in [0.717, 1.165) is 0 Å². The van der Waals surface area contributed by atoms with Crippen LogP contribution in [0.25, 0.3) is 0 Å². The minimum atomic E-state index is -1.10. The van der Waals surface area contributed by atoms with Crippen molar-refractivity contribution >= 4 is 118 Å². The van der Waals surface area contributed by atoms with E-state index in [1.54, 1.807) is 87.5 Å². The third-order valence-electron chi connectivity index (χ3n) is 12.3. The minimum absolute atomic E-state index is 0.0746. The van der Waals surface area contributed by atoms with Gasteiger partial charge in [-0.1, -0.05) is 61.4 Å². The molecule has 3 aliphatic rings. The lowest BCUT2D eigenvalue weighted by Gasteiger charge is -2.27. The second-order valence-electron chi connectivity index (χ2n) is 23.0. The lowest BCUT2D eigenvalue weighted by atomic mass is 10.0. The normalized spacial score (nSPS) is 24.5. The Labute approximate surface area is 523 Å². The van der Waals surface area contributed by atoms with Crippen LogP contribution in [0.3, 0.4) is 0 Å². The molecule has 0 spiro atoms. The van der Waals surface area contributed by atoms with Gasteiger partial charge in [0, 0.05) is 30.3 Å². The van der Waals surface area contributed by atoms with Gasteiger partial charge >= 0.3 is 24.1 Å². The summed E-state index contributed by atoms with van der Waals surface area (Å²) in [4.78, 5) is 154. The highest BCUT2D eigenvalue weighted by molar-refractivity contribution is 8.76. The van der Waals surface area contributed by atoms with Gasteiger partial charge in [0.15, 0.2) is 0 Å². The van der Waals surface area contributed by atoms with Gasteiger partial charge in [0.25, 0.3) is 0 Å². The maximum Gasteiger partial charge on any atom is 0.407 e. The monoisotopic (exact) mass is 1290 g/mol. The van der Waals surface area contributed by atoms with Gasteiger partial charge in [-0.25, -0.2) is 9.59 Å². The number of cyclic esters (lactones) is 1. The van der Waals surface area contributed by atoms with Gasteiger partial charge in [-0.2, -0.15) is 25.3 Å². The highest BCUT2D eigenvalue weighted by Crippen LogP contribution is 2.24. The Kier molecular flexibility index (Phi) is 35.3. The molecule has 0 aromatic heterocycles. The topological polar surface area (TPSA) is 362 Å². The van der Waals surface area contributed by atoms with Gasteiger partial charge in [0.1, 0.15) is 72.8 Å². The SMILES string of the molecule is CC(C)[C@H]1NC(=O)[C@@H](CS)NC(=O)[C@@H](CCCCNC(=O)OC(C)(C)C)NC(=O)C[C@@H](/C=C/CCS)OC(=O)CNC1=O.CC(C)[C@H]1NC(=O)[C@H]2CSSCC/C=C/[C@H](CC(=O)N[C@H](CCCCNC(=O)OC(C)(C)C)C(=O)N2)OC(=O)CNC1=O. The van der Waals surface area contributed by atoms with Crippen LogP contribution in [0.5, 0.6) is 0 Å². The molecule has 0 unspecified atom stereocenters. The largest absolute Gasteiger partial charge is 0.456 e. The average molecular weight is 1290 g/mol. The van der Waals surface area contributed by atoms with Gasteiger partial charge in [-0.15, -0.1) is 0 Å². The number of alkyl carbamates (subject to hydrolysis) is 2. The fraction of sp³-hybridized carbons (Fsp3) is 0.714. The number of amides is 10. The Hall–Kier alpha value is -5.88. The number of esters is 2. The van der Waals surface area contributed by atoms with E-state index in [1.807, 2.05) is 6.08 Å². The Bertz CT molecular complexity index is 2350. The van der Waals surface area contributed by atoms with Crippen molar-refractivity contribution in [2.45, 2.75) is 193 Å². The summed E-state index contributed by atoms with van der Waals surface area (Å²) in [6.45, 7) is 17.2. The Morgan fingerprint density at radius 1 is 0.628 bits per heavy atom. The van der Waals surface area contributed by atoms with E-state index in [0.29, 0.717) is 56.6 Å². The number of nitrogens with one attached hydrogen (secondary N) is 10. The van der Waals surface area contributed by atoms with Crippen LogP contribution in [-0.4, -0.2) is 180 Å². The number of ether oxygens (including phenoxy) is 4. The first-order valence-electron chi connectivity index (χ1n) is 28.9. The van der Waals surface area contributed by atoms with Crippen LogP contribution >= 0.6 is 46.8 Å². The molecule has 0 aromatic carbocycles. The van der Waals surface area contributed by atoms with Crippen LogP contribution in [0.4, 0.5) is 9.59 Å². The van der Waals surface area contributed by atoms with Gasteiger partial charge in [-0.3, -0.25) is 47.9 Å². The quantitative estimate of drug-likeness (QED) is 0.0264.